The van der Waals surface area contributed by atoms with Crippen molar-refractivity contribution < 1.29 is 0 Å². The molecule has 0 radical (unpaired) electrons. The second-order valence-corrected chi connectivity index (χ2v) is 7.01. The van der Waals surface area contributed by atoms with Crippen molar-refractivity contribution in [2.24, 2.45) is 4.99 Å². The van der Waals surface area contributed by atoms with Crippen molar-refractivity contribution in [2.75, 3.05) is 0 Å². The smallest absolute Gasteiger partial charge is 0.0972 e. The van der Waals surface area contributed by atoms with Gasteiger partial charge in [-0.2, -0.15) is 0 Å². The van der Waals surface area contributed by atoms with Gasteiger partial charge in [0.05, 0.1) is 28.6 Å². The molecule has 25 heavy (non-hydrogen) atoms. The molecule has 0 aliphatic heterocycles. The Hall–Kier alpha value is -2.59. The quantitative estimate of drug-likeness (QED) is 0.315. The summed E-state index contributed by atoms with van der Waals surface area (Å²) in [5, 5.41) is 2.18. The summed E-state index contributed by atoms with van der Waals surface area (Å²) in [5.41, 5.74) is 5.91. The van der Waals surface area contributed by atoms with Crippen LogP contribution in [0.15, 0.2) is 64.2 Å². The first-order valence-corrected chi connectivity index (χ1v) is 8.86. The molecule has 0 aliphatic carbocycles. The second-order valence-electron chi connectivity index (χ2n) is 6.09. The lowest BCUT2D eigenvalue weighted by molar-refractivity contribution is 1.31. The van der Waals surface area contributed by atoms with Crippen molar-refractivity contribution in [3.05, 3.63) is 76.0 Å². The maximum Gasteiger partial charge on any atom is 0.0972 e. The van der Waals surface area contributed by atoms with E-state index < -0.39 is 0 Å². The van der Waals surface area contributed by atoms with Gasteiger partial charge in [0.2, 0.25) is 0 Å². The minimum Gasteiger partial charge on any atom is -0.254 e. The van der Waals surface area contributed by atoms with Crippen LogP contribution in [0.25, 0.3) is 21.8 Å². The molecule has 2 heterocycles. The highest BCUT2D eigenvalue weighted by molar-refractivity contribution is 9.10. The van der Waals surface area contributed by atoms with Crippen LogP contribution >= 0.6 is 15.9 Å². The van der Waals surface area contributed by atoms with E-state index in [1.807, 2.05) is 18.3 Å². The summed E-state index contributed by atoms with van der Waals surface area (Å²) in [6, 6.07) is 16.4. The van der Waals surface area contributed by atoms with Crippen LogP contribution in [-0.2, 0) is 0 Å². The van der Waals surface area contributed by atoms with E-state index >= 15 is 0 Å². The molecule has 0 unspecified atom stereocenters. The van der Waals surface area contributed by atoms with Gasteiger partial charge in [-0.1, -0.05) is 40.2 Å². The van der Waals surface area contributed by atoms with E-state index in [4.69, 9.17) is 4.98 Å². The highest BCUT2D eigenvalue weighted by Gasteiger charge is 2.05. The van der Waals surface area contributed by atoms with Crippen LogP contribution in [0.4, 0.5) is 5.69 Å². The average molecular weight is 390 g/mol. The molecule has 4 rings (SSSR count). The molecule has 0 amide bonds. The fraction of sp³-hybridized carbons (Fsp3) is 0.0952. The Labute approximate surface area is 154 Å². The van der Waals surface area contributed by atoms with Crippen LogP contribution in [0.2, 0.25) is 0 Å². The Balaban J connectivity index is 1.81. The maximum absolute atomic E-state index is 4.77. The summed E-state index contributed by atoms with van der Waals surface area (Å²) in [7, 11) is 0. The van der Waals surface area contributed by atoms with Crippen molar-refractivity contribution >= 4 is 49.6 Å². The molecule has 3 nitrogen and oxygen atoms in total. The van der Waals surface area contributed by atoms with Crippen molar-refractivity contribution in [3.63, 3.8) is 0 Å². The number of hydrogen-bond acceptors (Lipinski definition) is 3. The monoisotopic (exact) mass is 389 g/mol. The van der Waals surface area contributed by atoms with Crippen molar-refractivity contribution in [1.82, 2.24) is 9.97 Å². The van der Waals surface area contributed by atoms with Crippen molar-refractivity contribution in [2.45, 2.75) is 13.8 Å². The summed E-state index contributed by atoms with van der Waals surface area (Å²) >= 11 is 3.52. The zero-order chi connectivity index (χ0) is 17.4. The Morgan fingerprint density at radius 2 is 1.60 bits per heavy atom. The van der Waals surface area contributed by atoms with Crippen LogP contribution in [0.3, 0.4) is 0 Å². The first-order chi connectivity index (χ1) is 12.1. The number of fused-ring (bicyclic) bond motifs is 3. The topological polar surface area (TPSA) is 38.1 Å². The van der Waals surface area contributed by atoms with Gasteiger partial charge in [0.1, 0.15) is 0 Å². The Morgan fingerprint density at radius 1 is 0.920 bits per heavy atom. The minimum absolute atomic E-state index is 0.826. The number of hydrogen-bond donors (Lipinski definition) is 0. The lowest BCUT2D eigenvalue weighted by atomic mass is 10.1. The van der Waals surface area contributed by atoms with Crippen LogP contribution in [-0.4, -0.2) is 16.2 Å². The number of pyridine rings is 2. The zero-order valence-electron chi connectivity index (χ0n) is 14.0. The van der Waals surface area contributed by atoms with Gasteiger partial charge in [-0.15, -0.1) is 0 Å². The maximum atomic E-state index is 4.77. The fourth-order valence-electron chi connectivity index (χ4n) is 3.05. The summed E-state index contributed by atoms with van der Waals surface area (Å²) in [5.74, 6) is 0. The van der Waals surface area contributed by atoms with E-state index in [0.717, 1.165) is 48.8 Å². The van der Waals surface area contributed by atoms with Gasteiger partial charge in [-0.3, -0.25) is 9.98 Å². The highest BCUT2D eigenvalue weighted by Crippen LogP contribution is 2.28. The first kappa shape index (κ1) is 15.9. The summed E-state index contributed by atoms with van der Waals surface area (Å²) in [6.45, 7) is 4.13. The Bertz CT molecular complexity index is 1110. The van der Waals surface area contributed by atoms with Crippen molar-refractivity contribution in [3.8, 4) is 0 Å². The molecule has 122 valence electrons. The lowest BCUT2D eigenvalue weighted by Crippen LogP contribution is -1.91. The zero-order valence-corrected chi connectivity index (χ0v) is 15.6. The molecule has 0 saturated heterocycles. The van der Waals surface area contributed by atoms with Gasteiger partial charge in [-0.25, -0.2) is 4.98 Å². The number of rotatable bonds is 2. The molecular formula is C21H16BrN3. The molecule has 0 N–H and O–H groups in total. The van der Waals surface area contributed by atoms with E-state index in [0.29, 0.717) is 0 Å². The third-order valence-electron chi connectivity index (χ3n) is 4.24. The van der Waals surface area contributed by atoms with E-state index in [-0.39, 0.29) is 0 Å². The molecule has 0 fully saturated rings. The second kappa shape index (κ2) is 6.37. The Kier molecular flexibility index (Phi) is 4.06. The SMILES string of the molecule is Cc1cc(Br)cc(C)c1/N=C/c1ccc2ccc3cccnc3c2n1. The van der Waals surface area contributed by atoms with Gasteiger partial charge in [-0.05, 0) is 49.2 Å². The summed E-state index contributed by atoms with van der Waals surface area (Å²) < 4.78 is 1.07. The molecule has 2 aromatic carbocycles. The molecular weight excluding hydrogens is 374 g/mol. The van der Waals surface area contributed by atoms with Crippen LogP contribution in [0, 0.1) is 13.8 Å². The van der Waals surface area contributed by atoms with Crippen LogP contribution in [0.1, 0.15) is 16.8 Å². The Morgan fingerprint density at radius 3 is 2.36 bits per heavy atom. The third kappa shape index (κ3) is 3.05. The largest absolute Gasteiger partial charge is 0.254 e. The molecule has 0 saturated carbocycles. The molecule has 0 spiro atoms. The van der Waals surface area contributed by atoms with E-state index in [1.165, 1.54) is 0 Å². The lowest BCUT2D eigenvalue weighted by Gasteiger charge is -2.06. The number of halogens is 1. The molecule has 4 heteroatoms. The van der Waals surface area contributed by atoms with E-state index in [2.05, 4.69) is 76.2 Å². The number of aryl methyl sites for hydroxylation is 2. The molecule has 0 aliphatic rings. The third-order valence-corrected chi connectivity index (χ3v) is 4.69. The molecule has 2 aromatic heterocycles. The normalized spacial score (nSPS) is 11.6. The number of nitrogens with zero attached hydrogens (tertiary/aromatic N) is 3. The first-order valence-electron chi connectivity index (χ1n) is 8.07. The van der Waals surface area contributed by atoms with E-state index in [1.54, 1.807) is 6.20 Å². The molecule has 0 atom stereocenters. The number of aromatic nitrogens is 2. The van der Waals surface area contributed by atoms with Gasteiger partial charge < -0.3 is 0 Å². The van der Waals surface area contributed by atoms with E-state index in [9.17, 15) is 0 Å². The molecule has 4 aromatic rings. The van der Waals surface area contributed by atoms with Gasteiger partial charge in [0, 0.05) is 21.4 Å². The standard InChI is InChI=1S/C21H16BrN3/c1-13-10-17(22)11-14(2)19(13)24-12-18-8-7-16-6-5-15-4-3-9-23-20(15)21(16)25-18/h3-12H,1-2H3/b24-12+. The van der Waals surface area contributed by atoms with Crippen LogP contribution < -0.4 is 0 Å². The number of aliphatic imine (C=N–C) groups is 1. The predicted octanol–water partition coefficient (Wildman–Crippen LogP) is 5.91. The van der Waals surface area contributed by atoms with Gasteiger partial charge in [0.15, 0.2) is 0 Å². The van der Waals surface area contributed by atoms with Gasteiger partial charge >= 0.3 is 0 Å². The minimum atomic E-state index is 0.826. The van der Waals surface area contributed by atoms with Crippen LogP contribution in [0.5, 0.6) is 0 Å². The molecule has 0 bridgehead atoms. The fourth-order valence-corrected chi connectivity index (χ4v) is 3.73. The number of benzene rings is 2. The van der Waals surface area contributed by atoms with Crippen molar-refractivity contribution in [1.29, 1.82) is 0 Å². The van der Waals surface area contributed by atoms with Gasteiger partial charge in [0.25, 0.3) is 0 Å². The predicted molar refractivity (Wildman–Crippen MR) is 108 cm³/mol. The summed E-state index contributed by atoms with van der Waals surface area (Å²) in [4.78, 5) is 13.9. The summed E-state index contributed by atoms with van der Waals surface area (Å²) in [6.07, 6.45) is 3.63. The average Bonchev–Trinajstić information content (AvgIpc) is 2.60. The highest BCUT2D eigenvalue weighted by atomic mass is 79.9.